The van der Waals surface area contributed by atoms with Crippen LogP contribution in [-0.2, 0) is 6.42 Å². The minimum atomic E-state index is 0.853. The number of benzene rings is 1. The van der Waals surface area contributed by atoms with Crippen molar-refractivity contribution in [3.8, 4) is 0 Å². The molecule has 0 aliphatic heterocycles. The van der Waals surface area contributed by atoms with Crippen molar-refractivity contribution in [1.29, 1.82) is 0 Å². The first kappa shape index (κ1) is 16.4. The number of thiazole rings is 1. The molecule has 0 aliphatic carbocycles. The van der Waals surface area contributed by atoms with E-state index in [1.54, 1.807) is 0 Å². The van der Waals surface area contributed by atoms with Gasteiger partial charge in [0.25, 0.3) is 0 Å². The minimum Gasteiger partial charge on any atom is -0.330 e. The Kier molecular flexibility index (Phi) is 7.76. The second kappa shape index (κ2) is 9.91. The number of hydrogen-bond donors (Lipinski definition) is 1. The van der Waals surface area contributed by atoms with Gasteiger partial charge >= 0.3 is 0 Å². The summed E-state index contributed by atoms with van der Waals surface area (Å²) in [5, 5.41) is 1.30. The molecule has 21 heavy (non-hydrogen) atoms. The summed E-state index contributed by atoms with van der Waals surface area (Å²) in [7, 11) is 0. The maximum atomic E-state index is 5.49. The van der Waals surface area contributed by atoms with Crippen LogP contribution in [0.5, 0.6) is 0 Å². The SMILES string of the molecule is NCCCCCCCCCCCc1nc2ccccc2s1. The fraction of sp³-hybridized carbons (Fsp3) is 0.611. The molecule has 0 bridgehead atoms. The van der Waals surface area contributed by atoms with Crippen LogP contribution in [-0.4, -0.2) is 11.5 Å². The van der Waals surface area contributed by atoms with Gasteiger partial charge in [0.05, 0.1) is 15.2 Å². The quantitative estimate of drug-likeness (QED) is 0.571. The van der Waals surface area contributed by atoms with Crippen molar-refractivity contribution in [2.24, 2.45) is 5.73 Å². The van der Waals surface area contributed by atoms with Gasteiger partial charge in [-0.3, -0.25) is 0 Å². The summed E-state index contributed by atoms with van der Waals surface area (Å²) in [4.78, 5) is 4.70. The second-order valence-corrected chi connectivity index (χ2v) is 6.91. The lowest BCUT2D eigenvalue weighted by Crippen LogP contribution is -1.97. The molecule has 1 aromatic carbocycles. The number of nitrogens with zero attached hydrogens (tertiary/aromatic N) is 1. The van der Waals surface area contributed by atoms with Gasteiger partial charge in [0.1, 0.15) is 0 Å². The molecule has 2 rings (SSSR count). The van der Waals surface area contributed by atoms with E-state index in [4.69, 9.17) is 10.7 Å². The molecular weight excluding hydrogens is 276 g/mol. The Morgan fingerprint density at radius 2 is 1.43 bits per heavy atom. The van der Waals surface area contributed by atoms with Crippen molar-refractivity contribution in [1.82, 2.24) is 4.98 Å². The third-order valence-electron chi connectivity index (χ3n) is 3.93. The topological polar surface area (TPSA) is 38.9 Å². The molecule has 2 aromatic rings. The van der Waals surface area contributed by atoms with Gasteiger partial charge in [0.2, 0.25) is 0 Å². The van der Waals surface area contributed by atoms with Gasteiger partial charge in [-0.05, 0) is 37.9 Å². The third kappa shape index (κ3) is 6.15. The Hall–Kier alpha value is -0.930. The number of fused-ring (bicyclic) bond motifs is 1. The minimum absolute atomic E-state index is 0.853. The Morgan fingerprint density at radius 3 is 2.10 bits per heavy atom. The molecule has 3 heteroatoms. The monoisotopic (exact) mass is 304 g/mol. The van der Waals surface area contributed by atoms with E-state index >= 15 is 0 Å². The van der Waals surface area contributed by atoms with Gasteiger partial charge in [0, 0.05) is 0 Å². The summed E-state index contributed by atoms with van der Waals surface area (Å²) in [5.74, 6) is 0. The molecule has 0 radical (unpaired) electrons. The molecule has 0 unspecified atom stereocenters. The highest BCUT2D eigenvalue weighted by atomic mass is 32.1. The lowest BCUT2D eigenvalue weighted by atomic mass is 10.1. The lowest BCUT2D eigenvalue weighted by Gasteiger charge is -2.01. The summed E-state index contributed by atoms with van der Waals surface area (Å²) in [5.41, 5.74) is 6.65. The van der Waals surface area contributed by atoms with E-state index in [-0.39, 0.29) is 0 Å². The van der Waals surface area contributed by atoms with E-state index in [1.807, 2.05) is 11.3 Å². The molecule has 0 spiro atoms. The number of aromatic nitrogens is 1. The fourth-order valence-electron chi connectivity index (χ4n) is 2.68. The molecule has 0 amide bonds. The Bertz CT molecular complexity index is 474. The number of para-hydroxylation sites is 1. The molecule has 1 aromatic heterocycles. The van der Waals surface area contributed by atoms with E-state index in [9.17, 15) is 0 Å². The predicted molar refractivity (Wildman–Crippen MR) is 93.9 cm³/mol. The third-order valence-corrected chi connectivity index (χ3v) is 5.03. The second-order valence-electron chi connectivity index (χ2n) is 5.80. The van der Waals surface area contributed by atoms with Crippen molar-refractivity contribution in [3.63, 3.8) is 0 Å². The first-order valence-electron chi connectivity index (χ1n) is 8.44. The first-order chi connectivity index (χ1) is 10.4. The molecule has 0 atom stereocenters. The van der Waals surface area contributed by atoms with Gasteiger partial charge in [-0.15, -0.1) is 11.3 Å². The molecule has 0 saturated heterocycles. The van der Waals surface area contributed by atoms with Crippen LogP contribution >= 0.6 is 11.3 Å². The van der Waals surface area contributed by atoms with Gasteiger partial charge in [-0.2, -0.15) is 0 Å². The summed E-state index contributed by atoms with van der Waals surface area (Å²) in [6.45, 7) is 0.853. The molecule has 1 heterocycles. The molecule has 2 N–H and O–H groups in total. The fourth-order valence-corrected chi connectivity index (χ4v) is 3.69. The largest absolute Gasteiger partial charge is 0.330 e. The highest BCUT2D eigenvalue weighted by Crippen LogP contribution is 2.23. The Labute approximate surface area is 132 Å². The van der Waals surface area contributed by atoms with Crippen molar-refractivity contribution in [2.45, 2.75) is 64.2 Å². The van der Waals surface area contributed by atoms with Crippen LogP contribution in [0.25, 0.3) is 10.2 Å². The average molecular weight is 305 g/mol. The van der Waals surface area contributed by atoms with Crippen LogP contribution in [0.4, 0.5) is 0 Å². The van der Waals surface area contributed by atoms with Crippen LogP contribution in [0, 0.1) is 0 Å². The van der Waals surface area contributed by atoms with Gasteiger partial charge in [0.15, 0.2) is 0 Å². The van der Waals surface area contributed by atoms with Gasteiger partial charge in [-0.1, -0.05) is 57.1 Å². The molecular formula is C18H28N2S. The van der Waals surface area contributed by atoms with E-state index < -0.39 is 0 Å². The van der Waals surface area contributed by atoms with E-state index in [0.29, 0.717) is 0 Å². The van der Waals surface area contributed by atoms with E-state index in [2.05, 4.69) is 24.3 Å². The van der Waals surface area contributed by atoms with Crippen molar-refractivity contribution < 1.29 is 0 Å². The summed E-state index contributed by atoms with van der Waals surface area (Å²) in [6, 6.07) is 8.44. The highest BCUT2D eigenvalue weighted by molar-refractivity contribution is 7.18. The highest BCUT2D eigenvalue weighted by Gasteiger charge is 2.02. The molecule has 0 saturated carbocycles. The van der Waals surface area contributed by atoms with Crippen molar-refractivity contribution in [3.05, 3.63) is 29.3 Å². The molecule has 0 aliphatic rings. The number of unbranched alkanes of at least 4 members (excludes halogenated alkanes) is 8. The zero-order valence-electron chi connectivity index (χ0n) is 13.0. The number of nitrogens with two attached hydrogens (primary N) is 1. The van der Waals surface area contributed by atoms with E-state index in [1.165, 1.54) is 67.5 Å². The standard InChI is InChI=1S/C18H28N2S/c19-15-11-7-5-3-1-2-4-6-8-14-18-20-16-12-9-10-13-17(16)21-18/h9-10,12-13H,1-8,11,14-15,19H2. The van der Waals surface area contributed by atoms with Crippen LogP contribution in [0.3, 0.4) is 0 Å². The molecule has 0 fully saturated rings. The predicted octanol–water partition coefficient (Wildman–Crippen LogP) is 5.31. The first-order valence-corrected chi connectivity index (χ1v) is 9.26. The maximum Gasteiger partial charge on any atom is 0.0938 e. The van der Waals surface area contributed by atoms with Crippen molar-refractivity contribution >= 4 is 21.6 Å². The van der Waals surface area contributed by atoms with Gasteiger partial charge < -0.3 is 5.73 Å². The maximum absolute atomic E-state index is 5.49. The molecule has 2 nitrogen and oxygen atoms in total. The Morgan fingerprint density at radius 1 is 0.810 bits per heavy atom. The summed E-state index contributed by atoms with van der Waals surface area (Å²) in [6.07, 6.45) is 13.2. The number of rotatable bonds is 11. The normalized spacial score (nSPS) is 11.3. The zero-order chi connectivity index (χ0) is 14.8. The smallest absolute Gasteiger partial charge is 0.0938 e. The number of hydrogen-bond acceptors (Lipinski definition) is 3. The van der Waals surface area contributed by atoms with E-state index in [0.717, 1.165) is 18.5 Å². The average Bonchev–Trinajstić information content (AvgIpc) is 2.92. The van der Waals surface area contributed by atoms with Crippen LogP contribution in [0.15, 0.2) is 24.3 Å². The summed E-state index contributed by atoms with van der Waals surface area (Å²) >= 11 is 1.86. The lowest BCUT2D eigenvalue weighted by molar-refractivity contribution is 0.560. The summed E-state index contributed by atoms with van der Waals surface area (Å²) < 4.78 is 1.32. The van der Waals surface area contributed by atoms with Gasteiger partial charge in [-0.25, -0.2) is 4.98 Å². The Balaban J connectivity index is 1.50. The zero-order valence-corrected chi connectivity index (χ0v) is 13.8. The van der Waals surface area contributed by atoms with Crippen molar-refractivity contribution in [2.75, 3.05) is 6.54 Å². The van der Waals surface area contributed by atoms with Crippen LogP contribution < -0.4 is 5.73 Å². The number of aryl methyl sites for hydroxylation is 1. The van der Waals surface area contributed by atoms with Crippen LogP contribution in [0.2, 0.25) is 0 Å². The van der Waals surface area contributed by atoms with Crippen LogP contribution in [0.1, 0.15) is 62.8 Å². The molecule has 116 valence electrons.